The summed E-state index contributed by atoms with van der Waals surface area (Å²) in [7, 11) is 0. The fraction of sp³-hybridized carbons (Fsp3) is 0.188. The summed E-state index contributed by atoms with van der Waals surface area (Å²) < 4.78 is 0. The predicted molar refractivity (Wildman–Crippen MR) is 84.5 cm³/mol. The molecule has 4 heteroatoms. The maximum atomic E-state index is 9.65. The monoisotopic (exact) mass is 286 g/mol. The molecule has 0 fully saturated rings. The molecule has 3 nitrogen and oxygen atoms in total. The Bertz CT molecular complexity index is 691. The van der Waals surface area contributed by atoms with Crippen LogP contribution in [0.25, 0.3) is 21.8 Å². The average Bonchev–Trinajstić information content (AvgIpc) is 2.51. The Morgan fingerprint density at radius 2 is 1.55 bits per heavy atom. The van der Waals surface area contributed by atoms with Crippen LogP contribution in [0.2, 0.25) is 0 Å². The van der Waals surface area contributed by atoms with Gasteiger partial charge in [-0.1, -0.05) is 36.4 Å². The molecule has 0 spiro atoms. The highest BCUT2D eigenvalue weighted by Gasteiger charge is 2.09. The first-order valence-electron chi connectivity index (χ1n) is 6.55. The van der Waals surface area contributed by atoms with Gasteiger partial charge in [0.15, 0.2) is 0 Å². The number of benzene rings is 2. The first-order chi connectivity index (χ1) is 9.79. The molecule has 0 radical (unpaired) electrons. The number of rotatable bonds is 4. The molecule has 1 heterocycles. The number of hydrogen-bond donors (Lipinski definition) is 2. The molecule has 0 bridgehead atoms. The lowest BCUT2D eigenvalue weighted by Crippen LogP contribution is -2.21. The second-order valence-electron chi connectivity index (χ2n) is 4.71. The van der Waals surface area contributed by atoms with E-state index in [0.29, 0.717) is 6.54 Å². The van der Waals surface area contributed by atoms with Gasteiger partial charge in [-0.25, -0.2) is 4.98 Å². The molecule has 2 N–H and O–H groups in total. The first kappa shape index (κ1) is 13.2. The van der Waals surface area contributed by atoms with Crippen LogP contribution < -0.4 is 5.32 Å². The van der Waals surface area contributed by atoms with Crippen LogP contribution in [0.3, 0.4) is 0 Å². The smallest absolute Gasteiger partial charge is 0.0847 e. The third kappa shape index (κ3) is 2.42. The Morgan fingerprint density at radius 1 is 1.00 bits per heavy atom. The van der Waals surface area contributed by atoms with Gasteiger partial charge in [0.25, 0.3) is 0 Å². The molecule has 0 saturated carbocycles. The number of para-hydroxylation sites is 2. The van der Waals surface area contributed by atoms with E-state index in [1.54, 1.807) is 0 Å². The van der Waals surface area contributed by atoms with Crippen molar-refractivity contribution in [2.24, 2.45) is 0 Å². The van der Waals surface area contributed by atoms with E-state index in [9.17, 15) is 5.11 Å². The lowest BCUT2D eigenvalue weighted by Gasteiger charge is -2.15. The Kier molecular flexibility index (Phi) is 3.72. The summed E-state index contributed by atoms with van der Waals surface area (Å²) in [6.07, 6.45) is -0.567. The minimum atomic E-state index is -0.567. The highest BCUT2D eigenvalue weighted by atomic mass is 35.5. The van der Waals surface area contributed by atoms with Crippen LogP contribution in [0.5, 0.6) is 0 Å². The third-order valence-corrected chi connectivity index (χ3v) is 3.64. The van der Waals surface area contributed by atoms with Crippen molar-refractivity contribution in [3.8, 4) is 0 Å². The average molecular weight is 287 g/mol. The van der Waals surface area contributed by atoms with Crippen molar-refractivity contribution in [2.45, 2.75) is 6.10 Å². The largest absolute Gasteiger partial charge is 0.390 e. The number of aliphatic hydroxyl groups is 1. The first-order valence-corrected chi connectivity index (χ1v) is 7.08. The van der Waals surface area contributed by atoms with Crippen molar-refractivity contribution in [1.29, 1.82) is 0 Å². The number of alkyl halides is 1. The second kappa shape index (κ2) is 5.65. The van der Waals surface area contributed by atoms with Gasteiger partial charge < -0.3 is 10.4 Å². The van der Waals surface area contributed by atoms with Crippen LogP contribution in [0.4, 0.5) is 5.69 Å². The molecule has 3 aromatic rings. The van der Waals surface area contributed by atoms with E-state index in [1.807, 2.05) is 48.5 Å². The molecular formula is C16H15ClN2O. The molecule has 0 aliphatic carbocycles. The van der Waals surface area contributed by atoms with E-state index < -0.39 is 6.10 Å². The lowest BCUT2D eigenvalue weighted by molar-refractivity contribution is 0.211. The van der Waals surface area contributed by atoms with Gasteiger partial charge in [0.1, 0.15) is 0 Å². The number of pyridine rings is 1. The summed E-state index contributed by atoms with van der Waals surface area (Å²) in [5.41, 5.74) is 2.87. The Balaban J connectivity index is 2.17. The van der Waals surface area contributed by atoms with Crippen LogP contribution in [-0.4, -0.2) is 28.6 Å². The normalized spacial score (nSPS) is 12.7. The maximum Gasteiger partial charge on any atom is 0.0847 e. The standard InChI is InChI=1S/C16H15ClN2O/c17-9-11(20)10-18-16-12-5-1-3-7-14(12)19-15-8-4-2-6-13(15)16/h1-8,11,20H,9-10H2,(H,18,19). The van der Waals surface area contributed by atoms with Crippen molar-refractivity contribution >= 4 is 39.1 Å². The van der Waals surface area contributed by atoms with E-state index in [2.05, 4.69) is 10.3 Å². The Hall–Kier alpha value is -1.84. The number of nitrogens with zero attached hydrogens (tertiary/aromatic N) is 1. The van der Waals surface area contributed by atoms with Crippen LogP contribution in [0, 0.1) is 0 Å². The second-order valence-corrected chi connectivity index (χ2v) is 5.02. The SMILES string of the molecule is OC(CCl)CNc1c2ccccc2nc2ccccc12. The van der Waals surface area contributed by atoms with E-state index in [0.717, 1.165) is 27.5 Å². The van der Waals surface area contributed by atoms with Crippen LogP contribution >= 0.6 is 11.6 Å². The number of anilines is 1. The summed E-state index contributed by atoms with van der Waals surface area (Å²) in [5.74, 6) is 0.216. The summed E-state index contributed by atoms with van der Waals surface area (Å²) in [6, 6.07) is 16.0. The van der Waals surface area contributed by atoms with Gasteiger partial charge in [-0.3, -0.25) is 0 Å². The van der Waals surface area contributed by atoms with E-state index in [4.69, 9.17) is 11.6 Å². The predicted octanol–water partition coefficient (Wildman–Crippen LogP) is 3.40. The van der Waals surface area contributed by atoms with Crippen molar-refractivity contribution < 1.29 is 5.11 Å². The number of aliphatic hydroxyl groups excluding tert-OH is 1. The van der Waals surface area contributed by atoms with Gasteiger partial charge in [-0.05, 0) is 12.1 Å². The van der Waals surface area contributed by atoms with Crippen LogP contribution in [-0.2, 0) is 0 Å². The van der Waals surface area contributed by atoms with Gasteiger partial charge in [0, 0.05) is 17.3 Å². The zero-order valence-electron chi connectivity index (χ0n) is 10.9. The minimum absolute atomic E-state index is 0.216. The molecule has 20 heavy (non-hydrogen) atoms. The molecule has 0 saturated heterocycles. The fourth-order valence-corrected chi connectivity index (χ4v) is 2.41. The lowest BCUT2D eigenvalue weighted by atomic mass is 10.1. The number of halogens is 1. The van der Waals surface area contributed by atoms with Gasteiger partial charge in [-0.2, -0.15) is 0 Å². The molecule has 0 amide bonds. The van der Waals surface area contributed by atoms with Gasteiger partial charge in [0.05, 0.1) is 28.7 Å². The van der Waals surface area contributed by atoms with Gasteiger partial charge in [0.2, 0.25) is 0 Å². The van der Waals surface area contributed by atoms with Crippen molar-refractivity contribution in [3.05, 3.63) is 48.5 Å². The summed E-state index contributed by atoms with van der Waals surface area (Å²) >= 11 is 5.65. The van der Waals surface area contributed by atoms with Crippen LogP contribution in [0.1, 0.15) is 0 Å². The number of aromatic nitrogens is 1. The molecule has 102 valence electrons. The Morgan fingerprint density at radius 3 is 2.10 bits per heavy atom. The van der Waals surface area contributed by atoms with Crippen LogP contribution in [0.15, 0.2) is 48.5 Å². The maximum absolute atomic E-state index is 9.65. The quantitative estimate of drug-likeness (QED) is 0.571. The van der Waals surface area contributed by atoms with E-state index >= 15 is 0 Å². The Labute approximate surface area is 122 Å². The number of fused-ring (bicyclic) bond motifs is 2. The molecule has 2 aromatic carbocycles. The molecule has 0 aliphatic rings. The van der Waals surface area contributed by atoms with Gasteiger partial charge in [-0.15, -0.1) is 11.6 Å². The zero-order valence-corrected chi connectivity index (χ0v) is 11.6. The fourth-order valence-electron chi connectivity index (χ4n) is 2.30. The van der Waals surface area contributed by atoms with E-state index in [1.165, 1.54) is 0 Å². The summed E-state index contributed by atoms with van der Waals surface area (Å²) in [6.45, 7) is 0.418. The van der Waals surface area contributed by atoms with Crippen molar-refractivity contribution in [1.82, 2.24) is 4.98 Å². The summed E-state index contributed by atoms with van der Waals surface area (Å²) in [4.78, 5) is 4.66. The van der Waals surface area contributed by atoms with E-state index in [-0.39, 0.29) is 5.88 Å². The molecular weight excluding hydrogens is 272 g/mol. The molecule has 0 aliphatic heterocycles. The summed E-state index contributed by atoms with van der Waals surface area (Å²) in [5, 5.41) is 15.1. The molecule has 1 aromatic heterocycles. The highest BCUT2D eigenvalue weighted by molar-refractivity contribution is 6.18. The molecule has 3 rings (SSSR count). The molecule has 1 unspecified atom stereocenters. The topological polar surface area (TPSA) is 45.1 Å². The molecule has 1 atom stereocenters. The van der Waals surface area contributed by atoms with Gasteiger partial charge >= 0.3 is 0 Å². The highest BCUT2D eigenvalue weighted by Crippen LogP contribution is 2.30. The van der Waals surface area contributed by atoms with Crippen molar-refractivity contribution in [2.75, 3.05) is 17.7 Å². The zero-order chi connectivity index (χ0) is 13.9. The third-order valence-electron chi connectivity index (χ3n) is 3.28. The minimum Gasteiger partial charge on any atom is -0.390 e. The number of nitrogens with one attached hydrogen (secondary N) is 1. The number of hydrogen-bond acceptors (Lipinski definition) is 3. The van der Waals surface area contributed by atoms with Crippen molar-refractivity contribution in [3.63, 3.8) is 0 Å².